The minimum absolute atomic E-state index is 0.425. The van der Waals surface area contributed by atoms with Crippen molar-refractivity contribution in [2.24, 2.45) is 0 Å². The van der Waals surface area contributed by atoms with E-state index in [0.717, 1.165) is 5.75 Å². The first-order chi connectivity index (χ1) is 9.28. The van der Waals surface area contributed by atoms with Gasteiger partial charge in [0.2, 0.25) is 0 Å². The molecule has 5 heteroatoms. The Morgan fingerprint density at radius 1 is 0.842 bits per heavy atom. The first kappa shape index (κ1) is 13.0. The summed E-state index contributed by atoms with van der Waals surface area (Å²) in [6.07, 6.45) is 0. The summed E-state index contributed by atoms with van der Waals surface area (Å²) >= 11 is 0. The third-order valence-corrected chi connectivity index (χ3v) is 2.47. The fraction of sp³-hybridized carbons (Fsp3) is 0.143. The van der Waals surface area contributed by atoms with Gasteiger partial charge in [-0.1, -0.05) is 0 Å². The molecule has 0 aromatic heterocycles. The molecule has 0 amide bonds. The summed E-state index contributed by atoms with van der Waals surface area (Å²) in [7, 11) is 0. The highest BCUT2D eigenvalue weighted by atomic mass is 16.5. The van der Waals surface area contributed by atoms with Gasteiger partial charge in [0.25, 0.3) is 0 Å². The zero-order valence-corrected chi connectivity index (χ0v) is 10.3. The number of ether oxygens (including phenoxy) is 2. The van der Waals surface area contributed by atoms with Crippen LogP contribution in [0.5, 0.6) is 11.5 Å². The van der Waals surface area contributed by atoms with E-state index in [4.69, 9.17) is 15.2 Å². The predicted octanol–water partition coefficient (Wildman–Crippen LogP) is 2.64. The number of hydrogen-bond donors (Lipinski definition) is 2. The van der Waals surface area contributed by atoms with Crippen molar-refractivity contribution < 1.29 is 9.47 Å². The Morgan fingerprint density at radius 2 is 1.32 bits per heavy atom. The van der Waals surface area contributed by atoms with Gasteiger partial charge in [-0.3, -0.25) is 0 Å². The van der Waals surface area contributed by atoms with E-state index in [1.807, 2.05) is 17.6 Å². The summed E-state index contributed by atoms with van der Waals surface area (Å²) in [5.74, 6) is 1.45. The van der Waals surface area contributed by atoms with Gasteiger partial charge in [0.1, 0.15) is 24.7 Å². The van der Waals surface area contributed by atoms with Crippen LogP contribution in [0.25, 0.3) is 0 Å². The number of anilines is 2. The fourth-order valence-electron chi connectivity index (χ4n) is 1.50. The molecule has 3 N–H and O–H groups in total. The smallest absolute Gasteiger partial charge is 0.122 e. The Labute approximate surface area is 111 Å². The number of nitrogens with one attached hydrogen (secondary N) is 1. The molecule has 0 aliphatic carbocycles. The van der Waals surface area contributed by atoms with E-state index in [0.29, 0.717) is 30.3 Å². The molecule has 19 heavy (non-hydrogen) atoms. The first-order valence-corrected chi connectivity index (χ1v) is 5.87. The van der Waals surface area contributed by atoms with E-state index in [9.17, 15) is 5.21 Å². The maximum atomic E-state index is 10.4. The van der Waals surface area contributed by atoms with Gasteiger partial charge in [0.15, 0.2) is 0 Å². The van der Waals surface area contributed by atoms with Crippen LogP contribution in [-0.2, 0) is 0 Å². The average Bonchev–Trinajstić information content (AvgIpc) is 2.46. The van der Waals surface area contributed by atoms with Crippen molar-refractivity contribution in [3.8, 4) is 11.5 Å². The van der Waals surface area contributed by atoms with Crippen molar-refractivity contribution in [2.45, 2.75) is 0 Å². The molecule has 0 saturated heterocycles. The van der Waals surface area contributed by atoms with Gasteiger partial charge < -0.3 is 25.9 Å². The van der Waals surface area contributed by atoms with Crippen molar-refractivity contribution >= 4 is 11.4 Å². The maximum Gasteiger partial charge on any atom is 0.122 e. The van der Waals surface area contributed by atoms with Crippen LogP contribution in [0.2, 0.25) is 0 Å². The molecule has 2 rings (SSSR count). The summed E-state index contributed by atoms with van der Waals surface area (Å²) in [5.41, 5.74) is 8.59. The zero-order chi connectivity index (χ0) is 13.5. The molecule has 0 aliphatic rings. The quantitative estimate of drug-likeness (QED) is 0.473. The van der Waals surface area contributed by atoms with E-state index in [1.54, 1.807) is 36.4 Å². The third kappa shape index (κ3) is 4.08. The molecule has 2 aromatic carbocycles. The van der Waals surface area contributed by atoms with Gasteiger partial charge in [-0.05, 0) is 48.5 Å². The SMILES string of the molecule is Nc1ccc(OCCOc2ccc(N[O-])cc2)cc1. The molecule has 0 aliphatic heterocycles. The topological polar surface area (TPSA) is 79.6 Å². The summed E-state index contributed by atoms with van der Waals surface area (Å²) in [6.45, 7) is 0.861. The normalized spacial score (nSPS) is 9.95. The molecule has 5 nitrogen and oxygen atoms in total. The molecule has 0 unspecified atom stereocenters. The molecule has 0 saturated carbocycles. The maximum absolute atomic E-state index is 10.4. The van der Waals surface area contributed by atoms with Crippen LogP contribution in [0, 0.1) is 5.21 Å². The lowest BCUT2D eigenvalue weighted by Gasteiger charge is -2.11. The molecule has 100 valence electrons. The lowest BCUT2D eigenvalue weighted by Crippen LogP contribution is -2.08. The summed E-state index contributed by atoms with van der Waals surface area (Å²) in [6, 6.07) is 13.9. The average molecular weight is 259 g/mol. The van der Waals surface area contributed by atoms with E-state index < -0.39 is 0 Å². The lowest BCUT2D eigenvalue weighted by atomic mass is 10.3. The lowest BCUT2D eigenvalue weighted by molar-refractivity contribution is 0.217. The Balaban J connectivity index is 1.72. The number of nitrogen functional groups attached to an aromatic ring is 1. The van der Waals surface area contributed by atoms with Crippen molar-refractivity contribution in [3.05, 3.63) is 53.7 Å². The van der Waals surface area contributed by atoms with Gasteiger partial charge in [-0.2, -0.15) is 0 Å². The first-order valence-electron chi connectivity index (χ1n) is 5.87. The molecule has 0 atom stereocenters. The molecule has 0 fully saturated rings. The van der Waals surface area contributed by atoms with Gasteiger partial charge in [-0.25, -0.2) is 0 Å². The molecule has 0 spiro atoms. The second kappa shape index (κ2) is 6.51. The summed E-state index contributed by atoms with van der Waals surface area (Å²) < 4.78 is 11.0. The summed E-state index contributed by atoms with van der Waals surface area (Å²) in [5, 5.41) is 10.4. The van der Waals surface area contributed by atoms with Crippen LogP contribution < -0.4 is 20.7 Å². The number of benzene rings is 2. The molecule has 0 radical (unpaired) electrons. The minimum atomic E-state index is 0.425. The van der Waals surface area contributed by atoms with Crippen LogP contribution in [0.3, 0.4) is 0 Å². The van der Waals surface area contributed by atoms with Gasteiger partial charge >= 0.3 is 0 Å². The van der Waals surface area contributed by atoms with Crippen LogP contribution >= 0.6 is 0 Å². The van der Waals surface area contributed by atoms with Crippen LogP contribution in [0.15, 0.2) is 48.5 Å². The highest BCUT2D eigenvalue weighted by Crippen LogP contribution is 2.16. The zero-order valence-electron chi connectivity index (χ0n) is 10.3. The van der Waals surface area contributed by atoms with Crippen molar-refractivity contribution in [2.75, 3.05) is 24.4 Å². The Morgan fingerprint density at radius 3 is 1.79 bits per heavy atom. The van der Waals surface area contributed by atoms with Gasteiger partial charge in [0, 0.05) is 11.4 Å². The second-order valence-corrected chi connectivity index (χ2v) is 3.89. The standard InChI is InChI=1S/C14H15N2O3/c15-11-1-5-13(6-2-11)18-9-10-19-14-7-3-12(16-17)4-8-14/h1-8,16H,9-10,15H2/q-1. The third-order valence-electron chi connectivity index (χ3n) is 2.47. The van der Waals surface area contributed by atoms with Crippen molar-refractivity contribution in [1.29, 1.82) is 0 Å². The van der Waals surface area contributed by atoms with Crippen molar-refractivity contribution in [3.63, 3.8) is 0 Å². The molecular weight excluding hydrogens is 244 g/mol. The number of nitrogens with two attached hydrogens (primary N) is 1. The van der Waals surface area contributed by atoms with E-state index in [1.165, 1.54) is 0 Å². The Kier molecular flexibility index (Phi) is 4.47. The molecule has 2 aromatic rings. The predicted molar refractivity (Wildman–Crippen MR) is 75.3 cm³/mol. The highest BCUT2D eigenvalue weighted by Gasteiger charge is 1.96. The summed E-state index contributed by atoms with van der Waals surface area (Å²) in [4.78, 5) is 0. The molecule has 0 heterocycles. The number of hydrogen-bond acceptors (Lipinski definition) is 5. The van der Waals surface area contributed by atoms with Gasteiger partial charge in [0.05, 0.1) is 0 Å². The van der Waals surface area contributed by atoms with Crippen LogP contribution in [0.1, 0.15) is 0 Å². The van der Waals surface area contributed by atoms with Crippen LogP contribution in [0.4, 0.5) is 11.4 Å². The van der Waals surface area contributed by atoms with E-state index in [-0.39, 0.29) is 0 Å². The highest BCUT2D eigenvalue weighted by molar-refractivity contribution is 5.46. The molecular formula is C14H15N2O3-. The Bertz CT molecular complexity index is 497. The van der Waals surface area contributed by atoms with E-state index >= 15 is 0 Å². The fourth-order valence-corrected chi connectivity index (χ4v) is 1.50. The minimum Gasteiger partial charge on any atom is -0.761 e. The van der Waals surface area contributed by atoms with E-state index in [2.05, 4.69) is 0 Å². The van der Waals surface area contributed by atoms with Crippen molar-refractivity contribution in [1.82, 2.24) is 0 Å². The molecule has 0 bridgehead atoms. The number of rotatable bonds is 6. The Hall–Kier alpha value is -2.40. The monoisotopic (exact) mass is 259 g/mol. The van der Waals surface area contributed by atoms with Gasteiger partial charge in [-0.15, -0.1) is 0 Å². The largest absolute Gasteiger partial charge is 0.761 e. The second-order valence-electron chi connectivity index (χ2n) is 3.89. The van der Waals surface area contributed by atoms with Crippen LogP contribution in [-0.4, -0.2) is 13.2 Å².